The van der Waals surface area contributed by atoms with E-state index >= 15 is 0 Å². The van der Waals surface area contributed by atoms with E-state index in [1.165, 1.54) is 24.5 Å². The fraction of sp³-hybridized carbons (Fsp3) is 0.118. The van der Waals surface area contributed by atoms with E-state index in [1.807, 2.05) is 0 Å². The first kappa shape index (κ1) is 15.4. The number of nitrogens with one attached hydrogen (secondary N) is 1. The summed E-state index contributed by atoms with van der Waals surface area (Å²) in [7, 11) is 0. The average Bonchev–Trinajstić information content (AvgIpc) is 3.04. The van der Waals surface area contributed by atoms with Gasteiger partial charge in [0.25, 0.3) is 0 Å². The molecule has 0 saturated carbocycles. The zero-order chi connectivity index (χ0) is 15.6. The van der Waals surface area contributed by atoms with Crippen molar-refractivity contribution in [2.45, 2.75) is 0 Å². The molecule has 22 heavy (non-hydrogen) atoms. The lowest BCUT2D eigenvalue weighted by molar-refractivity contribution is -0.116. The Morgan fingerprint density at radius 3 is 2.91 bits per heavy atom. The summed E-state index contributed by atoms with van der Waals surface area (Å²) in [4.78, 5) is 11.4. The zero-order valence-corrected chi connectivity index (χ0v) is 11.7. The number of hydrogen-bond donors (Lipinski definition) is 1. The summed E-state index contributed by atoms with van der Waals surface area (Å²) in [6, 6.07) is 9.58. The number of halogens is 1. The third-order valence-corrected chi connectivity index (χ3v) is 2.55. The van der Waals surface area contributed by atoms with Crippen LogP contribution in [0.15, 0.2) is 53.2 Å². The van der Waals surface area contributed by atoms with Crippen molar-refractivity contribution in [3.8, 4) is 17.6 Å². The number of benzene rings is 1. The van der Waals surface area contributed by atoms with Gasteiger partial charge in [-0.25, -0.2) is 4.39 Å². The molecule has 0 fully saturated rings. The number of furan rings is 1. The van der Waals surface area contributed by atoms with Crippen LogP contribution < -0.4 is 10.1 Å². The molecule has 1 heterocycles. The van der Waals surface area contributed by atoms with E-state index in [1.54, 1.807) is 30.3 Å². The highest BCUT2D eigenvalue weighted by molar-refractivity contribution is 5.91. The van der Waals surface area contributed by atoms with E-state index in [9.17, 15) is 9.18 Å². The number of carbonyl (C=O) groups excluding carboxylic acids is 1. The molecule has 0 unspecified atom stereocenters. The van der Waals surface area contributed by atoms with Crippen molar-refractivity contribution >= 4 is 12.0 Å². The normalized spacial score (nSPS) is 10.0. The molecule has 0 atom stereocenters. The number of hydrogen-bond acceptors (Lipinski definition) is 3. The zero-order valence-electron chi connectivity index (χ0n) is 11.7. The van der Waals surface area contributed by atoms with Crippen LogP contribution in [-0.4, -0.2) is 19.1 Å². The van der Waals surface area contributed by atoms with Crippen LogP contribution >= 0.6 is 0 Å². The Morgan fingerprint density at radius 2 is 2.14 bits per heavy atom. The minimum atomic E-state index is -0.430. The molecule has 1 amide bonds. The summed E-state index contributed by atoms with van der Waals surface area (Å²) >= 11 is 0. The van der Waals surface area contributed by atoms with Gasteiger partial charge in [0.05, 0.1) is 12.8 Å². The first-order valence-electron chi connectivity index (χ1n) is 6.58. The lowest BCUT2D eigenvalue weighted by atomic mass is 10.3. The molecule has 2 aromatic rings. The molecule has 1 N–H and O–H groups in total. The smallest absolute Gasteiger partial charge is 0.244 e. The van der Waals surface area contributed by atoms with E-state index in [0.717, 1.165) is 0 Å². The maximum atomic E-state index is 13.2. The summed E-state index contributed by atoms with van der Waals surface area (Å²) in [6.45, 7) is 0.237. The molecule has 5 heteroatoms. The summed E-state index contributed by atoms with van der Waals surface area (Å²) < 4.78 is 23.4. The van der Waals surface area contributed by atoms with Crippen LogP contribution in [0, 0.1) is 17.7 Å². The number of carbonyl (C=O) groups is 1. The summed E-state index contributed by atoms with van der Waals surface area (Å²) in [5, 5.41) is 2.58. The molecule has 1 aromatic carbocycles. The Kier molecular flexibility index (Phi) is 5.82. The molecule has 0 radical (unpaired) electrons. The highest BCUT2D eigenvalue weighted by atomic mass is 19.1. The standard InChI is InChI=1S/C17H14FNO3/c18-15-7-1-2-8-16(15)22-12-4-3-11-19-17(20)10-9-14-6-5-13-21-14/h1-2,5-10,13H,11-12H2,(H,19,20)/b10-9+. The molecule has 2 rings (SSSR count). The third-order valence-electron chi connectivity index (χ3n) is 2.55. The van der Waals surface area contributed by atoms with Gasteiger partial charge in [0.15, 0.2) is 11.6 Å². The van der Waals surface area contributed by atoms with E-state index in [2.05, 4.69) is 17.2 Å². The van der Waals surface area contributed by atoms with Gasteiger partial charge in [0, 0.05) is 6.08 Å². The van der Waals surface area contributed by atoms with E-state index < -0.39 is 5.82 Å². The minimum Gasteiger partial charge on any atom is -0.478 e. The Labute approximate surface area is 127 Å². The fourth-order valence-electron chi connectivity index (χ4n) is 1.52. The van der Waals surface area contributed by atoms with Crippen LogP contribution in [0.1, 0.15) is 5.76 Å². The van der Waals surface area contributed by atoms with Gasteiger partial charge < -0.3 is 14.5 Å². The van der Waals surface area contributed by atoms with Crippen molar-refractivity contribution in [1.29, 1.82) is 0 Å². The monoisotopic (exact) mass is 299 g/mol. The molecule has 112 valence electrons. The minimum absolute atomic E-state index is 0.0546. The van der Waals surface area contributed by atoms with Crippen LogP contribution in [0.5, 0.6) is 5.75 Å². The number of para-hydroxylation sites is 1. The van der Waals surface area contributed by atoms with Crippen molar-refractivity contribution in [2.75, 3.05) is 13.2 Å². The van der Waals surface area contributed by atoms with Crippen LogP contribution in [0.3, 0.4) is 0 Å². The van der Waals surface area contributed by atoms with Gasteiger partial charge in [-0.1, -0.05) is 24.0 Å². The number of rotatable bonds is 5. The van der Waals surface area contributed by atoms with E-state index in [0.29, 0.717) is 5.76 Å². The Hall–Kier alpha value is -3.00. The number of ether oxygens (including phenoxy) is 1. The van der Waals surface area contributed by atoms with Gasteiger partial charge in [0.1, 0.15) is 12.4 Å². The highest BCUT2D eigenvalue weighted by Gasteiger charge is 1.98. The number of amides is 1. The predicted octanol–water partition coefficient (Wildman–Crippen LogP) is 2.63. The van der Waals surface area contributed by atoms with Gasteiger partial charge >= 0.3 is 0 Å². The second kappa shape index (κ2) is 8.32. The topological polar surface area (TPSA) is 51.5 Å². The van der Waals surface area contributed by atoms with Gasteiger partial charge in [-0.05, 0) is 30.3 Å². The molecular formula is C17H14FNO3. The van der Waals surface area contributed by atoms with Crippen molar-refractivity contribution in [2.24, 2.45) is 0 Å². The molecule has 0 bridgehead atoms. The first-order valence-corrected chi connectivity index (χ1v) is 6.58. The van der Waals surface area contributed by atoms with E-state index in [4.69, 9.17) is 9.15 Å². The lowest BCUT2D eigenvalue weighted by Gasteiger charge is -2.01. The fourth-order valence-corrected chi connectivity index (χ4v) is 1.52. The largest absolute Gasteiger partial charge is 0.478 e. The summed E-state index contributed by atoms with van der Waals surface area (Å²) in [5.41, 5.74) is 0. The quantitative estimate of drug-likeness (QED) is 0.682. The van der Waals surface area contributed by atoms with Gasteiger partial charge in [-0.2, -0.15) is 0 Å². The molecule has 0 aliphatic heterocycles. The van der Waals surface area contributed by atoms with Crippen LogP contribution in [0.25, 0.3) is 6.08 Å². The third kappa shape index (κ3) is 5.17. The molecule has 0 spiro atoms. The lowest BCUT2D eigenvalue weighted by Crippen LogP contribution is -2.21. The molecule has 0 saturated heterocycles. The van der Waals surface area contributed by atoms with Crippen molar-refractivity contribution in [3.63, 3.8) is 0 Å². The van der Waals surface area contributed by atoms with Crippen LogP contribution in [0.4, 0.5) is 4.39 Å². The van der Waals surface area contributed by atoms with Crippen molar-refractivity contribution in [3.05, 3.63) is 60.3 Å². The Bertz CT molecular complexity index is 696. The van der Waals surface area contributed by atoms with Crippen LogP contribution in [-0.2, 0) is 4.79 Å². The molecule has 0 aliphatic carbocycles. The SMILES string of the molecule is O=C(/C=C/c1ccco1)NCC#CCOc1ccccc1F. The Morgan fingerprint density at radius 1 is 1.27 bits per heavy atom. The second-order valence-corrected chi connectivity index (χ2v) is 4.14. The predicted molar refractivity (Wildman–Crippen MR) is 80.4 cm³/mol. The Balaban J connectivity index is 1.66. The summed E-state index contributed by atoms with van der Waals surface area (Å²) in [6.07, 6.45) is 4.44. The van der Waals surface area contributed by atoms with Crippen molar-refractivity contribution < 1.29 is 18.3 Å². The first-order chi connectivity index (χ1) is 10.8. The maximum absolute atomic E-state index is 13.2. The molecule has 0 aliphatic rings. The maximum Gasteiger partial charge on any atom is 0.244 e. The molecule has 1 aromatic heterocycles. The van der Waals surface area contributed by atoms with Crippen LogP contribution in [0.2, 0.25) is 0 Å². The molecule has 4 nitrogen and oxygen atoms in total. The van der Waals surface area contributed by atoms with E-state index in [-0.39, 0.29) is 24.8 Å². The summed E-state index contributed by atoms with van der Waals surface area (Å²) in [5.74, 6) is 5.45. The highest BCUT2D eigenvalue weighted by Crippen LogP contribution is 2.14. The molecular weight excluding hydrogens is 285 g/mol. The second-order valence-electron chi connectivity index (χ2n) is 4.14. The van der Waals surface area contributed by atoms with Crippen molar-refractivity contribution in [1.82, 2.24) is 5.32 Å². The average molecular weight is 299 g/mol. The van der Waals surface area contributed by atoms with Gasteiger partial charge in [-0.15, -0.1) is 0 Å². The van der Waals surface area contributed by atoms with Gasteiger partial charge in [0.2, 0.25) is 5.91 Å². The van der Waals surface area contributed by atoms with Gasteiger partial charge in [-0.3, -0.25) is 4.79 Å².